The molecule has 0 saturated heterocycles. The number of nitrogens with zero attached hydrogens (tertiary/aromatic N) is 8. The second-order valence-electron chi connectivity index (χ2n) is 13.9. The number of phenols is 1. The minimum atomic E-state index is -5.66. The fourth-order valence-electron chi connectivity index (χ4n) is 6.29. The number of aromatic hydroxyl groups is 1. The highest BCUT2D eigenvalue weighted by Gasteiger charge is 2.31. The van der Waals surface area contributed by atoms with Crippen molar-refractivity contribution >= 4 is 125 Å². The Morgan fingerprint density at radius 3 is 1.18 bits per heavy atom. The molecule has 0 aliphatic rings. The Labute approximate surface area is 396 Å². The average Bonchev–Trinajstić information content (AvgIpc) is 3.23. The zero-order valence-electron chi connectivity index (χ0n) is 34.2. The molecular weight excluding hydrogens is 1060 g/mol. The van der Waals surface area contributed by atoms with E-state index >= 15 is 0 Å². The molecule has 0 aliphatic heterocycles. The quantitative estimate of drug-likeness (QED) is 0.0154. The van der Waals surface area contributed by atoms with Gasteiger partial charge < -0.3 is 21.5 Å². The summed E-state index contributed by atoms with van der Waals surface area (Å²) in [6, 6.07) is 5.82. The smallest absolute Gasteiger partial charge is 0.311 e. The lowest BCUT2D eigenvalue weighted by molar-refractivity contribution is -0.395. The van der Waals surface area contributed by atoms with Gasteiger partial charge in [-0.15, -0.1) is 20.5 Å². The van der Waals surface area contributed by atoms with Crippen LogP contribution in [-0.4, -0.2) is 76.7 Å². The number of hydrogen-bond donors (Lipinski definition) is 8. The molecule has 0 spiro atoms. The summed E-state index contributed by atoms with van der Waals surface area (Å²) in [6.07, 6.45) is 0. The van der Waals surface area contributed by atoms with Crippen molar-refractivity contribution in [2.24, 2.45) is 20.5 Å². The summed E-state index contributed by atoms with van der Waals surface area (Å²) in [7, 11) is -22.0. The third-order valence-corrected chi connectivity index (χ3v) is 12.9. The summed E-state index contributed by atoms with van der Waals surface area (Å²) in [5, 5.41) is 74.1. The molecule has 0 bridgehead atoms. The maximum Gasteiger partial charge on any atom is 0.311 e. The van der Waals surface area contributed by atoms with Crippen LogP contribution < -0.4 is 16.4 Å². The van der Waals surface area contributed by atoms with Crippen LogP contribution in [0.3, 0.4) is 0 Å². The van der Waals surface area contributed by atoms with E-state index in [2.05, 4.69) is 31.1 Å². The van der Waals surface area contributed by atoms with Crippen LogP contribution in [0.2, 0.25) is 0 Å². The van der Waals surface area contributed by atoms with Gasteiger partial charge >= 0.3 is 11.4 Å². The molecular formula is C34H21F2N11O21S4. The van der Waals surface area contributed by atoms with E-state index in [4.69, 9.17) is 5.73 Å². The Kier molecular flexibility index (Phi) is 13.7. The molecule has 38 heteroatoms. The van der Waals surface area contributed by atoms with E-state index in [1.807, 2.05) is 0 Å². The van der Waals surface area contributed by atoms with Crippen LogP contribution in [0.25, 0.3) is 10.8 Å². The molecule has 0 unspecified atom stereocenters. The van der Waals surface area contributed by atoms with Crippen LogP contribution in [0, 0.1) is 52.1 Å². The third kappa shape index (κ3) is 10.8. The maximum atomic E-state index is 14.5. The van der Waals surface area contributed by atoms with Gasteiger partial charge in [0.2, 0.25) is 11.6 Å². The standard InChI is InChI=1S/C34H21F2N11O21S4/c35-16-9-18(24(46(53)54)11-22(16)44(49)50)38-14-1-3-26(69(57,58)59)20(7-14)40-42-32-28(71(63,64)65)5-13-6-29(72(66,67)68)33(34(48)30(13)31(32)37)43-41-21-8-15(2-4-27(21)70(60,61)62)39-19-10-17(36)23(45(51)52)12-25(19)47(55)56/h1-12,38-39,48H,37H2,(H,57,58,59)(H,60,61,62)(H,63,64,65)(H,66,67,68). The van der Waals surface area contributed by atoms with Crippen molar-refractivity contribution in [3.8, 4) is 5.75 Å². The second kappa shape index (κ2) is 18.8. The fraction of sp³-hybridized carbons (Fsp3) is 0. The Hall–Kier alpha value is -8.92. The van der Waals surface area contributed by atoms with Crippen molar-refractivity contribution in [1.82, 2.24) is 0 Å². The Morgan fingerprint density at radius 1 is 0.486 bits per heavy atom. The van der Waals surface area contributed by atoms with Gasteiger partial charge in [-0.2, -0.15) is 42.5 Å². The van der Waals surface area contributed by atoms with E-state index < -0.39 is 182 Å². The minimum absolute atomic E-state index is 0.238. The van der Waals surface area contributed by atoms with E-state index in [0.717, 1.165) is 12.1 Å². The monoisotopic (exact) mass is 1080 g/mol. The van der Waals surface area contributed by atoms with Gasteiger partial charge in [-0.25, -0.2) is 0 Å². The number of nitro groups is 4. The van der Waals surface area contributed by atoms with Crippen LogP contribution in [0.4, 0.5) is 82.7 Å². The normalized spacial score (nSPS) is 12.4. The number of benzene rings is 6. The first-order valence-corrected chi connectivity index (χ1v) is 23.9. The molecule has 376 valence electrons. The van der Waals surface area contributed by atoms with Crippen molar-refractivity contribution in [3.05, 3.63) is 125 Å². The lowest BCUT2D eigenvalue weighted by Gasteiger charge is -2.14. The van der Waals surface area contributed by atoms with Crippen molar-refractivity contribution < 1.29 is 85.5 Å². The molecule has 0 radical (unpaired) electrons. The maximum absolute atomic E-state index is 14.5. The van der Waals surface area contributed by atoms with E-state index in [-0.39, 0.29) is 12.1 Å². The van der Waals surface area contributed by atoms with E-state index in [0.29, 0.717) is 48.5 Å². The number of fused-ring (bicyclic) bond motifs is 1. The lowest BCUT2D eigenvalue weighted by Crippen LogP contribution is -2.04. The molecule has 32 nitrogen and oxygen atoms in total. The molecule has 0 fully saturated rings. The second-order valence-corrected chi connectivity index (χ2v) is 19.5. The van der Waals surface area contributed by atoms with Crippen molar-refractivity contribution in [3.63, 3.8) is 0 Å². The fourth-order valence-corrected chi connectivity index (χ4v) is 8.83. The first kappa shape index (κ1) is 52.5. The Morgan fingerprint density at radius 2 is 0.833 bits per heavy atom. The van der Waals surface area contributed by atoms with Crippen LogP contribution in [0.15, 0.2) is 113 Å². The first-order valence-electron chi connectivity index (χ1n) is 18.1. The van der Waals surface area contributed by atoms with E-state index in [1.54, 1.807) is 0 Å². The number of phenolic OH excluding ortho intramolecular Hbond substituents is 1. The highest BCUT2D eigenvalue weighted by atomic mass is 32.2. The molecule has 9 N–H and O–H groups in total. The Bertz CT molecular complexity index is 3710. The summed E-state index contributed by atoms with van der Waals surface area (Å²) in [4.78, 5) is 35.6. The number of halogens is 2. The Balaban J connectivity index is 1.54. The third-order valence-electron chi connectivity index (χ3n) is 9.33. The summed E-state index contributed by atoms with van der Waals surface area (Å²) in [5.41, 5.74) is -6.88. The molecule has 6 aromatic rings. The summed E-state index contributed by atoms with van der Waals surface area (Å²) in [5.74, 6) is -4.66. The highest BCUT2D eigenvalue weighted by Crippen LogP contribution is 2.49. The zero-order chi connectivity index (χ0) is 53.7. The lowest BCUT2D eigenvalue weighted by atomic mass is 10.1. The molecule has 0 heterocycles. The van der Waals surface area contributed by atoms with Crippen LogP contribution in [0.1, 0.15) is 0 Å². The van der Waals surface area contributed by atoms with Gasteiger partial charge in [-0.1, -0.05) is 0 Å². The van der Waals surface area contributed by atoms with E-state index in [1.165, 1.54) is 0 Å². The molecule has 72 heavy (non-hydrogen) atoms. The van der Waals surface area contributed by atoms with Gasteiger partial charge in [0, 0.05) is 23.5 Å². The number of rotatable bonds is 16. The zero-order valence-corrected chi connectivity index (χ0v) is 37.5. The van der Waals surface area contributed by atoms with Gasteiger partial charge in [0.1, 0.15) is 53.7 Å². The van der Waals surface area contributed by atoms with Crippen molar-refractivity contribution in [2.75, 3.05) is 16.4 Å². The molecule has 0 saturated carbocycles. The number of nitro benzene ring substituents is 4. The molecule has 0 atom stereocenters. The van der Waals surface area contributed by atoms with Gasteiger partial charge in [-0.3, -0.25) is 58.7 Å². The first-order chi connectivity index (χ1) is 33.2. The number of azo groups is 2. The van der Waals surface area contributed by atoms with Gasteiger partial charge in [0.15, 0.2) is 5.75 Å². The van der Waals surface area contributed by atoms with Gasteiger partial charge in [0.05, 0.1) is 42.9 Å². The number of anilines is 5. The molecule has 6 rings (SSSR count). The topological polar surface area (TPSA) is 510 Å². The highest BCUT2D eigenvalue weighted by molar-refractivity contribution is 7.86. The molecule has 0 aromatic heterocycles. The average molecular weight is 1090 g/mol. The van der Waals surface area contributed by atoms with Gasteiger partial charge in [-0.05, 0) is 53.9 Å². The predicted octanol–water partition coefficient (Wildman–Crippen LogP) is 7.34. The number of hydrogen-bond acceptors (Lipinski definition) is 24. The summed E-state index contributed by atoms with van der Waals surface area (Å²) >= 11 is 0. The largest absolute Gasteiger partial charge is 0.505 e. The molecule has 0 amide bonds. The SMILES string of the molecule is Nc1c(N=Nc2cc(Nc3cc(F)c([N+](=O)[O-])cc3[N+](=O)[O-])ccc2S(=O)(=O)O)c(S(=O)(=O)O)cc2cc(S(=O)(=O)O)c(N=Nc3cc(Nc4cc(F)c([N+](=O)[O-])cc4[N+](=O)[O-])ccc3S(=O)(=O)O)c(O)c12. The van der Waals surface area contributed by atoms with Crippen molar-refractivity contribution in [2.45, 2.75) is 19.6 Å². The van der Waals surface area contributed by atoms with Crippen LogP contribution in [-0.2, 0) is 40.5 Å². The van der Waals surface area contributed by atoms with E-state index in [9.17, 15) is 106 Å². The minimum Gasteiger partial charge on any atom is -0.505 e. The molecule has 0 aliphatic carbocycles. The number of nitrogens with two attached hydrogens (primary N) is 1. The summed E-state index contributed by atoms with van der Waals surface area (Å²) in [6.45, 7) is 0. The van der Waals surface area contributed by atoms with Crippen LogP contribution in [0.5, 0.6) is 5.75 Å². The number of nitrogens with one attached hydrogen (secondary N) is 2. The van der Waals surface area contributed by atoms with Crippen molar-refractivity contribution in [1.29, 1.82) is 0 Å². The number of nitrogen functional groups attached to an aromatic ring is 1. The molecule has 6 aromatic carbocycles. The van der Waals surface area contributed by atoms with Crippen LogP contribution >= 0.6 is 0 Å². The van der Waals surface area contributed by atoms with Gasteiger partial charge in [0.25, 0.3) is 51.8 Å². The predicted molar refractivity (Wildman–Crippen MR) is 237 cm³/mol. The summed E-state index contributed by atoms with van der Waals surface area (Å²) < 4.78 is 169.